The van der Waals surface area contributed by atoms with Crippen molar-refractivity contribution in [3.8, 4) is 0 Å². The van der Waals surface area contributed by atoms with Crippen molar-refractivity contribution in [2.75, 3.05) is 20.3 Å². The van der Waals surface area contributed by atoms with Crippen molar-refractivity contribution < 1.29 is 9.26 Å². The molecule has 0 spiro atoms. The summed E-state index contributed by atoms with van der Waals surface area (Å²) in [6, 6.07) is 0.358. The Labute approximate surface area is 77.5 Å². The molecule has 1 heterocycles. The van der Waals surface area contributed by atoms with Crippen LogP contribution in [0.15, 0.2) is 10.9 Å². The number of nitrogens with one attached hydrogen (secondary N) is 1. The Kier molecular flexibility index (Phi) is 4.42. The SMILES string of the molecule is COCC(C)NCCc1ncon1. The van der Waals surface area contributed by atoms with Crippen LogP contribution in [0.1, 0.15) is 12.7 Å². The first kappa shape index (κ1) is 10.1. The number of nitrogens with zero attached hydrogens (tertiary/aromatic N) is 2. The Bertz CT molecular complexity index is 213. The van der Waals surface area contributed by atoms with Crippen molar-refractivity contribution in [1.82, 2.24) is 15.5 Å². The highest BCUT2D eigenvalue weighted by Gasteiger charge is 2.01. The molecule has 74 valence electrons. The van der Waals surface area contributed by atoms with Crippen molar-refractivity contribution in [3.05, 3.63) is 12.2 Å². The summed E-state index contributed by atoms with van der Waals surface area (Å²) < 4.78 is 9.59. The van der Waals surface area contributed by atoms with Gasteiger partial charge in [-0.1, -0.05) is 5.16 Å². The van der Waals surface area contributed by atoms with Gasteiger partial charge in [0.25, 0.3) is 0 Å². The largest absolute Gasteiger partial charge is 0.383 e. The highest BCUT2D eigenvalue weighted by atomic mass is 16.5. The molecule has 1 aromatic rings. The van der Waals surface area contributed by atoms with Gasteiger partial charge in [-0.25, -0.2) is 0 Å². The molecule has 1 atom stereocenters. The molecule has 0 bridgehead atoms. The smallest absolute Gasteiger partial charge is 0.213 e. The second-order valence-electron chi connectivity index (χ2n) is 2.91. The second kappa shape index (κ2) is 5.66. The maximum Gasteiger partial charge on any atom is 0.213 e. The zero-order chi connectivity index (χ0) is 9.52. The molecule has 5 heteroatoms. The predicted octanol–water partition coefficient (Wildman–Crippen LogP) is 0.237. The summed E-state index contributed by atoms with van der Waals surface area (Å²) >= 11 is 0. The fourth-order valence-corrected chi connectivity index (χ4v) is 1.04. The van der Waals surface area contributed by atoms with Crippen LogP contribution in [0, 0.1) is 0 Å². The molecule has 0 aliphatic carbocycles. The first-order valence-corrected chi connectivity index (χ1v) is 4.30. The molecule has 0 amide bonds. The van der Waals surface area contributed by atoms with Crippen LogP contribution in [-0.4, -0.2) is 36.4 Å². The molecule has 0 aliphatic rings. The van der Waals surface area contributed by atoms with Crippen LogP contribution in [0.2, 0.25) is 0 Å². The van der Waals surface area contributed by atoms with Crippen LogP contribution in [0.3, 0.4) is 0 Å². The topological polar surface area (TPSA) is 60.2 Å². The normalized spacial score (nSPS) is 13.1. The molecule has 13 heavy (non-hydrogen) atoms. The van der Waals surface area contributed by atoms with Crippen LogP contribution in [-0.2, 0) is 11.2 Å². The van der Waals surface area contributed by atoms with Gasteiger partial charge in [-0.3, -0.25) is 0 Å². The summed E-state index contributed by atoms with van der Waals surface area (Å²) in [7, 11) is 1.69. The molecule has 0 aliphatic heterocycles. The van der Waals surface area contributed by atoms with E-state index in [4.69, 9.17) is 4.74 Å². The van der Waals surface area contributed by atoms with E-state index >= 15 is 0 Å². The summed E-state index contributed by atoms with van der Waals surface area (Å²) in [4.78, 5) is 3.91. The lowest BCUT2D eigenvalue weighted by molar-refractivity contribution is 0.172. The van der Waals surface area contributed by atoms with E-state index in [2.05, 4.69) is 26.9 Å². The monoisotopic (exact) mass is 185 g/mol. The van der Waals surface area contributed by atoms with Crippen molar-refractivity contribution >= 4 is 0 Å². The van der Waals surface area contributed by atoms with Crippen LogP contribution >= 0.6 is 0 Å². The third kappa shape index (κ3) is 4.00. The summed E-state index contributed by atoms with van der Waals surface area (Å²) in [5.74, 6) is 0.733. The highest BCUT2D eigenvalue weighted by Crippen LogP contribution is 1.89. The van der Waals surface area contributed by atoms with Gasteiger partial charge in [-0.15, -0.1) is 0 Å². The van der Waals surface area contributed by atoms with E-state index in [9.17, 15) is 0 Å². The first-order valence-electron chi connectivity index (χ1n) is 4.30. The van der Waals surface area contributed by atoms with Crippen molar-refractivity contribution in [2.45, 2.75) is 19.4 Å². The Balaban J connectivity index is 2.07. The fourth-order valence-electron chi connectivity index (χ4n) is 1.04. The van der Waals surface area contributed by atoms with Gasteiger partial charge in [0, 0.05) is 26.1 Å². The molecule has 0 fully saturated rings. The van der Waals surface area contributed by atoms with Gasteiger partial charge in [-0.2, -0.15) is 4.98 Å². The molecule has 1 aromatic heterocycles. The van der Waals surface area contributed by atoms with Crippen molar-refractivity contribution in [1.29, 1.82) is 0 Å². The molecule has 5 nitrogen and oxygen atoms in total. The lowest BCUT2D eigenvalue weighted by Crippen LogP contribution is -2.31. The summed E-state index contributed by atoms with van der Waals surface area (Å²) in [6.07, 6.45) is 2.12. The van der Waals surface area contributed by atoms with E-state index in [1.54, 1.807) is 7.11 Å². The fraction of sp³-hybridized carbons (Fsp3) is 0.750. The standard InChI is InChI=1S/C8H15N3O2/c1-7(5-12-2)9-4-3-8-10-6-13-11-8/h6-7,9H,3-5H2,1-2H3. The number of hydrogen-bond acceptors (Lipinski definition) is 5. The van der Waals surface area contributed by atoms with E-state index in [-0.39, 0.29) is 0 Å². The van der Waals surface area contributed by atoms with Crippen LogP contribution in [0.5, 0.6) is 0 Å². The van der Waals surface area contributed by atoms with Gasteiger partial charge in [0.2, 0.25) is 6.39 Å². The Hall–Kier alpha value is -0.940. The maximum atomic E-state index is 4.98. The summed E-state index contributed by atoms with van der Waals surface area (Å²) in [5, 5.41) is 6.98. The van der Waals surface area contributed by atoms with E-state index in [0.29, 0.717) is 12.6 Å². The molecule has 1 unspecified atom stereocenters. The number of aromatic nitrogens is 2. The van der Waals surface area contributed by atoms with Gasteiger partial charge in [-0.05, 0) is 6.92 Å². The quantitative estimate of drug-likeness (QED) is 0.687. The Morgan fingerprint density at radius 2 is 2.54 bits per heavy atom. The van der Waals surface area contributed by atoms with Crippen molar-refractivity contribution in [3.63, 3.8) is 0 Å². The second-order valence-corrected chi connectivity index (χ2v) is 2.91. The lowest BCUT2D eigenvalue weighted by atomic mass is 10.3. The molecule has 1 rings (SSSR count). The van der Waals surface area contributed by atoms with Gasteiger partial charge in [0.15, 0.2) is 5.82 Å². The van der Waals surface area contributed by atoms with E-state index in [0.717, 1.165) is 18.8 Å². The van der Waals surface area contributed by atoms with Gasteiger partial charge in [0.1, 0.15) is 0 Å². The molecule has 0 saturated carbocycles. The number of hydrogen-bond donors (Lipinski definition) is 1. The third-order valence-corrected chi connectivity index (χ3v) is 1.67. The van der Waals surface area contributed by atoms with E-state index in [1.165, 1.54) is 6.39 Å². The van der Waals surface area contributed by atoms with Crippen LogP contribution < -0.4 is 5.32 Å². The van der Waals surface area contributed by atoms with Gasteiger partial charge < -0.3 is 14.6 Å². The number of ether oxygens (including phenoxy) is 1. The summed E-state index contributed by atoms with van der Waals surface area (Å²) in [5.41, 5.74) is 0. The highest BCUT2D eigenvalue weighted by molar-refractivity contribution is 4.79. The van der Waals surface area contributed by atoms with Crippen LogP contribution in [0.4, 0.5) is 0 Å². The number of methoxy groups -OCH3 is 1. The molecule has 0 radical (unpaired) electrons. The molecular weight excluding hydrogens is 170 g/mol. The first-order chi connectivity index (χ1) is 6.33. The molecule has 0 saturated heterocycles. The van der Waals surface area contributed by atoms with E-state index in [1.807, 2.05) is 0 Å². The lowest BCUT2D eigenvalue weighted by Gasteiger charge is -2.10. The average molecular weight is 185 g/mol. The van der Waals surface area contributed by atoms with Gasteiger partial charge in [0.05, 0.1) is 6.61 Å². The molecule has 1 N–H and O–H groups in total. The third-order valence-electron chi connectivity index (χ3n) is 1.67. The average Bonchev–Trinajstić information content (AvgIpc) is 2.57. The Morgan fingerprint density at radius 3 is 3.15 bits per heavy atom. The number of rotatable bonds is 6. The Morgan fingerprint density at radius 1 is 1.69 bits per heavy atom. The predicted molar refractivity (Wildman–Crippen MR) is 47.3 cm³/mol. The maximum absolute atomic E-state index is 4.98. The summed E-state index contributed by atoms with van der Waals surface area (Å²) in [6.45, 7) is 3.62. The molecule has 0 aromatic carbocycles. The zero-order valence-corrected chi connectivity index (χ0v) is 7.99. The van der Waals surface area contributed by atoms with Crippen LogP contribution in [0.25, 0.3) is 0 Å². The van der Waals surface area contributed by atoms with E-state index < -0.39 is 0 Å². The zero-order valence-electron chi connectivity index (χ0n) is 7.99. The minimum atomic E-state index is 0.358. The van der Waals surface area contributed by atoms with Gasteiger partial charge >= 0.3 is 0 Å². The molecular formula is C8H15N3O2. The van der Waals surface area contributed by atoms with Crippen molar-refractivity contribution in [2.24, 2.45) is 0 Å². The minimum absolute atomic E-state index is 0.358. The minimum Gasteiger partial charge on any atom is -0.383 e.